The second-order valence-corrected chi connectivity index (χ2v) is 6.56. The predicted octanol–water partition coefficient (Wildman–Crippen LogP) is 4.18. The van der Waals surface area contributed by atoms with Crippen molar-refractivity contribution in [3.05, 3.63) is 34.9 Å². The molecule has 1 aromatic carbocycles. The third kappa shape index (κ3) is 3.87. The maximum atomic E-state index is 5.74. The van der Waals surface area contributed by atoms with Crippen LogP contribution in [0.25, 0.3) is 0 Å². The van der Waals surface area contributed by atoms with Gasteiger partial charge >= 0.3 is 0 Å². The minimum atomic E-state index is 0.516. The first-order valence-electron chi connectivity index (χ1n) is 8.83. The highest BCUT2D eigenvalue weighted by molar-refractivity contribution is 5.36. The summed E-state index contributed by atoms with van der Waals surface area (Å²) in [5.74, 6) is 0. The number of aryl methyl sites for hydroxylation is 2. The Hall–Kier alpha value is -0.860. The highest BCUT2D eigenvalue weighted by atomic mass is 16.5. The lowest BCUT2D eigenvalue weighted by molar-refractivity contribution is 0.101. The summed E-state index contributed by atoms with van der Waals surface area (Å²) in [5, 5.41) is 3.67. The van der Waals surface area contributed by atoms with Gasteiger partial charge in [-0.1, -0.05) is 25.1 Å². The Bertz CT molecular complexity index is 451. The first-order chi connectivity index (χ1) is 10.4. The van der Waals surface area contributed by atoms with Crippen LogP contribution in [0.4, 0.5) is 0 Å². The molecule has 116 valence electrons. The van der Waals surface area contributed by atoms with Gasteiger partial charge in [-0.2, -0.15) is 0 Å². The summed E-state index contributed by atoms with van der Waals surface area (Å²) in [6, 6.07) is 7.69. The van der Waals surface area contributed by atoms with Gasteiger partial charge in [-0.3, -0.25) is 0 Å². The number of benzene rings is 1. The Morgan fingerprint density at radius 2 is 2.14 bits per heavy atom. The van der Waals surface area contributed by atoms with E-state index in [1.54, 1.807) is 11.1 Å². The smallest absolute Gasteiger partial charge is 0.0576 e. The number of fused-ring (bicyclic) bond motifs is 1. The molecule has 2 heteroatoms. The first kappa shape index (κ1) is 15.1. The van der Waals surface area contributed by atoms with Crippen LogP contribution in [-0.4, -0.2) is 19.3 Å². The Morgan fingerprint density at radius 1 is 1.24 bits per heavy atom. The largest absolute Gasteiger partial charge is 0.378 e. The molecular weight excluding hydrogens is 258 g/mol. The van der Waals surface area contributed by atoms with Gasteiger partial charge in [0.1, 0.15) is 0 Å². The van der Waals surface area contributed by atoms with Crippen LogP contribution in [0.3, 0.4) is 0 Å². The molecule has 0 saturated carbocycles. The lowest BCUT2D eigenvalue weighted by atomic mass is 9.96. The van der Waals surface area contributed by atoms with Crippen molar-refractivity contribution in [2.45, 2.75) is 70.4 Å². The number of hydrogen-bond acceptors (Lipinski definition) is 2. The third-order valence-corrected chi connectivity index (χ3v) is 5.02. The summed E-state index contributed by atoms with van der Waals surface area (Å²) in [6.07, 6.45) is 10.7. The molecule has 21 heavy (non-hydrogen) atoms. The van der Waals surface area contributed by atoms with Crippen LogP contribution >= 0.6 is 0 Å². The van der Waals surface area contributed by atoms with E-state index < -0.39 is 0 Å². The number of hydrogen-bond donors (Lipinski definition) is 1. The van der Waals surface area contributed by atoms with Gasteiger partial charge in [0.2, 0.25) is 0 Å². The molecule has 3 rings (SSSR count). The fraction of sp³-hybridized carbons (Fsp3) is 0.684. The average Bonchev–Trinajstić information content (AvgIpc) is 3.16. The molecule has 2 nitrogen and oxygen atoms in total. The van der Waals surface area contributed by atoms with E-state index in [9.17, 15) is 0 Å². The van der Waals surface area contributed by atoms with Gasteiger partial charge in [0.05, 0.1) is 6.10 Å². The van der Waals surface area contributed by atoms with Crippen molar-refractivity contribution in [3.8, 4) is 0 Å². The monoisotopic (exact) mass is 287 g/mol. The number of nitrogens with one attached hydrogen (secondary N) is 1. The van der Waals surface area contributed by atoms with E-state index in [0.29, 0.717) is 12.1 Å². The van der Waals surface area contributed by atoms with Crippen LogP contribution in [0.5, 0.6) is 0 Å². The summed E-state index contributed by atoms with van der Waals surface area (Å²) in [5.41, 5.74) is 4.66. The zero-order valence-electron chi connectivity index (χ0n) is 13.4. The fourth-order valence-corrected chi connectivity index (χ4v) is 3.86. The van der Waals surface area contributed by atoms with Crippen molar-refractivity contribution in [2.24, 2.45) is 0 Å². The average molecular weight is 287 g/mol. The molecule has 1 aliphatic heterocycles. The lowest BCUT2D eigenvalue weighted by Crippen LogP contribution is -2.21. The molecule has 0 spiro atoms. The second kappa shape index (κ2) is 7.42. The first-order valence-corrected chi connectivity index (χ1v) is 8.83. The molecule has 1 saturated heterocycles. The second-order valence-electron chi connectivity index (χ2n) is 6.56. The van der Waals surface area contributed by atoms with E-state index in [1.807, 2.05) is 0 Å². The standard InChI is InChI=1S/C19H29NO/c1-2-20-19(10-4-8-18-9-5-13-21-18)17-12-11-15-6-3-7-16(15)14-17/h11-12,14,18-20H,2-10,13H2,1H3. The van der Waals surface area contributed by atoms with Gasteiger partial charge < -0.3 is 10.1 Å². The van der Waals surface area contributed by atoms with E-state index in [-0.39, 0.29) is 0 Å². The SMILES string of the molecule is CCNC(CCCC1CCCO1)c1ccc2c(c1)CCC2. The summed E-state index contributed by atoms with van der Waals surface area (Å²) in [6.45, 7) is 4.23. The van der Waals surface area contributed by atoms with E-state index in [0.717, 1.165) is 13.2 Å². The van der Waals surface area contributed by atoms with Gasteiger partial charge in [0.25, 0.3) is 0 Å². The lowest BCUT2D eigenvalue weighted by Gasteiger charge is -2.20. The molecule has 2 aliphatic rings. The Labute approximate surface area is 129 Å². The minimum absolute atomic E-state index is 0.516. The van der Waals surface area contributed by atoms with Crippen LogP contribution in [0.2, 0.25) is 0 Å². The van der Waals surface area contributed by atoms with Gasteiger partial charge in [-0.05, 0) is 74.6 Å². The van der Waals surface area contributed by atoms with Crippen LogP contribution in [0.1, 0.15) is 68.2 Å². The van der Waals surface area contributed by atoms with Crippen LogP contribution < -0.4 is 5.32 Å². The van der Waals surface area contributed by atoms with Crippen molar-refractivity contribution >= 4 is 0 Å². The number of ether oxygens (including phenoxy) is 1. The van der Waals surface area contributed by atoms with Gasteiger partial charge in [0, 0.05) is 12.6 Å². The molecule has 0 radical (unpaired) electrons. The van der Waals surface area contributed by atoms with Gasteiger partial charge in [0.15, 0.2) is 0 Å². The van der Waals surface area contributed by atoms with Crippen molar-refractivity contribution in [1.82, 2.24) is 5.32 Å². The van der Waals surface area contributed by atoms with Crippen LogP contribution in [0.15, 0.2) is 18.2 Å². The maximum absolute atomic E-state index is 5.74. The maximum Gasteiger partial charge on any atom is 0.0576 e. The molecule has 1 heterocycles. The molecule has 1 fully saturated rings. The topological polar surface area (TPSA) is 21.3 Å². The fourth-order valence-electron chi connectivity index (χ4n) is 3.86. The molecular formula is C19H29NO. The molecule has 1 N–H and O–H groups in total. The van der Waals surface area contributed by atoms with Crippen molar-refractivity contribution in [3.63, 3.8) is 0 Å². The van der Waals surface area contributed by atoms with Crippen LogP contribution in [0, 0.1) is 0 Å². The third-order valence-electron chi connectivity index (χ3n) is 5.02. The Balaban J connectivity index is 1.57. The summed E-state index contributed by atoms with van der Waals surface area (Å²) in [4.78, 5) is 0. The van der Waals surface area contributed by atoms with Crippen LogP contribution in [-0.2, 0) is 17.6 Å². The van der Waals surface area contributed by atoms with E-state index in [2.05, 4.69) is 30.4 Å². The zero-order valence-corrected chi connectivity index (χ0v) is 13.4. The molecule has 0 amide bonds. The van der Waals surface area contributed by atoms with Gasteiger partial charge in [-0.25, -0.2) is 0 Å². The van der Waals surface area contributed by atoms with Crippen molar-refractivity contribution < 1.29 is 4.74 Å². The van der Waals surface area contributed by atoms with Gasteiger partial charge in [-0.15, -0.1) is 0 Å². The summed E-state index contributed by atoms with van der Waals surface area (Å²) < 4.78 is 5.74. The normalized spacial score (nSPS) is 22.4. The zero-order chi connectivity index (χ0) is 14.5. The quantitative estimate of drug-likeness (QED) is 0.812. The highest BCUT2D eigenvalue weighted by Gasteiger charge is 2.18. The molecule has 1 aliphatic carbocycles. The highest BCUT2D eigenvalue weighted by Crippen LogP contribution is 2.28. The molecule has 2 atom stereocenters. The van der Waals surface area contributed by atoms with Crippen molar-refractivity contribution in [2.75, 3.05) is 13.2 Å². The summed E-state index contributed by atoms with van der Waals surface area (Å²) in [7, 11) is 0. The van der Waals surface area contributed by atoms with E-state index in [1.165, 1.54) is 56.9 Å². The number of rotatable bonds is 7. The van der Waals surface area contributed by atoms with E-state index in [4.69, 9.17) is 4.74 Å². The molecule has 0 bridgehead atoms. The predicted molar refractivity (Wildman–Crippen MR) is 87.7 cm³/mol. The molecule has 0 aromatic heterocycles. The van der Waals surface area contributed by atoms with E-state index >= 15 is 0 Å². The molecule has 1 aromatic rings. The van der Waals surface area contributed by atoms with Crippen molar-refractivity contribution in [1.29, 1.82) is 0 Å². The summed E-state index contributed by atoms with van der Waals surface area (Å²) >= 11 is 0. The Kier molecular flexibility index (Phi) is 5.32. The minimum Gasteiger partial charge on any atom is -0.378 e. The molecule has 2 unspecified atom stereocenters. The Morgan fingerprint density at radius 3 is 2.95 bits per heavy atom.